The van der Waals surface area contributed by atoms with Gasteiger partial charge in [0, 0.05) is 6.04 Å². The fourth-order valence-corrected chi connectivity index (χ4v) is 2.05. The summed E-state index contributed by atoms with van der Waals surface area (Å²) in [6.45, 7) is 8.21. The molecule has 1 heterocycles. The molecule has 0 saturated carbocycles. The van der Waals surface area contributed by atoms with Gasteiger partial charge in [0.05, 0.1) is 0 Å². The van der Waals surface area contributed by atoms with Gasteiger partial charge >= 0.3 is 0 Å². The summed E-state index contributed by atoms with van der Waals surface area (Å²) in [5.74, 6) is 1.82. The maximum atomic E-state index is 3.56. The average molecular weight is 169 g/mol. The lowest BCUT2D eigenvalue weighted by Crippen LogP contribution is -2.38. The molecule has 1 rings (SSSR count). The Hall–Kier alpha value is -0.0400. The van der Waals surface area contributed by atoms with Crippen molar-refractivity contribution in [3.8, 4) is 0 Å². The van der Waals surface area contributed by atoms with Crippen molar-refractivity contribution in [2.45, 2.75) is 52.5 Å². The molecule has 0 aromatic rings. The van der Waals surface area contributed by atoms with Gasteiger partial charge in [0.2, 0.25) is 0 Å². The molecule has 0 aromatic heterocycles. The molecule has 1 nitrogen and oxygen atoms in total. The topological polar surface area (TPSA) is 12.0 Å². The van der Waals surface area contributed by atoms with E-state index in [1.165, 1.54) is 32.2 Å². The van der Waals surface area contributed by atoms with Crippen molar-refractivity contribution in [1.82, 2.24) is 5.32 Å². The normalized spacial score (nSPS) is 31.0. The fraction of sp³-hybridized carbons (Fsp3) is 1.00. The van der Waals surface area contributed by atoms with E-state index in [1.807, 2.05) is 0 Å². The first kappa shape index (κ1) is 10.0. The highest BCUT2D eigenvalue weighted by Crippen LogP contribution is 2.23. The summed E-state index contributed by atoms with van der Waals surface area (Å²) in [6.07, 6.45) is 5.65. The Morgan fingerprint density at radius 3 is 2.75 bits per heavy atom. The number of hydrogen-bond donors (Lipinski definition) is 1. The van der Waals surface area contributed by atoms with E-state index >= 15 is 0 Å². The minimum Gasteiger partial charge on any atom is -0.314 e. The summed E-state index contributed by atoms with van der Waals surface area (Å²) in [5, 5.41) is 3.56. The Morgan fingerprint density at radius 1 is 1.42 bits per heavy atom. The largest absolute Gasteiger partial charge is 0.314 e. The Bertz CT molecular complexity index is 120. The maximum Gasteiger partial charge on any atom is 0.00670 e. The molecule has 1 heteroatoms. The van der Waals surface area contributed by atoms with Crippen LogP contribution in [0.4, 0.5) is 0 Å². The molecule has 0 aliphatic carbocycles. The lowest BCUT2D eigenvalue weighted by Gasteiger charge is -2.30. The molecule has 1 N–H and O–H groups in total. The molecule has 72 valence electrons. The zero-order valence-electron chi connectivity index (χ0n) is 8.77. The van der Waals surface area contributed by atoms with E-state index in [4.69, 9.17) is 0 Å². The van der Waals surface area contributed by atoms with Crippen molar-refractivity contribution in [2.75, 3.05) is 6.54 Å². The van der Waals surface area contributed by atoms with Crippen molar-refractivity contribution in [3.63, 3.8) is 0 Å². The lowest BCUT2D eigenvalue weighted by atomic mass is 9.86. The van der Waals surface area contributed by atoms with E-state index in [0.717, 1.165) is 17.9 Å². The smallest absolute Gasteiger partial charge is 0.00670 e. The second-order valence-corrected chi connectivity index (χ2v) is 4.62. The third-order valence-corrected chi connectivity index (χ3v) is 3.04. The van der Waals surface area contributed by atoms with E-state index in [-0.39, 0.29) is 0 Å². The van der Waals surface area contributed by atoms with Crippen LogP contribution >= 0.6 is 0 Å². The zero-order chi connectivity index (χ0) is 8.97. The fourth-order valence-electron chi connectivity index (χ4n) is 2.05. The van der Waals surface area contributed by atoms with Crippen LogP contribution in [0, 0.1) is 11.8 Å². The second kappa shape index (κ2) is 4.86. The van der Waals surface area contributed by atoms with Crippen molar-refractivity contribution < 1.29 is 0 Å². The number of hydrogen-bond acceptors (Lipinski definition) is 1. The molecule has 2 unspecified atom stereocenters. The molecule has 0 radical (unpaired) electrons. The van der Waals surface area contributed by atoms with Crippen LogP contribution in [-0.4, -0.2) is 12.6 Å². The summed E-state index contributed by atoms with van der Waals surface area (Å²) in [4.78, 5) is 0. The molecule has 0 spiro atoms. The molecular weight excluding hydrogens is 146 g/mol. The summed E-state index contributed by atoms with van der Waals surface area (Å²) in [7, 11) is 0. The summed E-state index contributed by atoms with van der Waals surface area (Å²) < 4.78 is 0. The van der Waals surface area contributed by atoms with Crippen LogP contribution in [0.1, 0.15) is 46.5 Å². The molecule has 1 aliphatic heterocycles. The molecule has 2 atom stereocenters. The van der Waals surface area contributed by atoms with E-state index < -0.39 is 0 Å². The Labute approximate surface area is 76.9 Å². The Balaban J connectivity index is 2.20. The highest BCUT2D eigenvalue weighted by molar-refractivity contribution is 4.77. The van der Waals surface area contributed by atoms with E-state index in [0.29, 0.717) is 0 Å². The standard InChI is InChI=1S/C11H23N/c1-9(2)6-7-11-5-4-8-12-10(11)3/h9-12H,4-8H2,1-3H3. The molecule has 12 heavy (non-hydrogen) atoms. The van der Waals surface area contributed by atoms with Gasteiger partial charge in [-0.05, 0) is 44.6 Å². The third-order valence-electron chi connectivity index (χ3n) is 3.04. The van der Waals surface area contributed by atoms with Crippen LogP contribution in [0.25, 0.3) is 0 Å². The quantitative estimate of drug-likeness (QED) is 0.685. The van der Waals surface area contributed by atoms with Gasteiger partial charge in [-0.25, -0.2) is 0 Å². The van der Waals surface area contributed by atoms with Gasteiger partial charge in [-0.15, -0.1) is 0 Å². The SMILES string of the molecule is CC(C)CCC1CCCNC1C. The Morgan fingerprint density at radius 2 is 2.17 bits per heavy atom. The lowest BCUT2D eigenvalue weighted by molar-refractivity contribution is 0.267. The molecule has 1 saturated heterocycles. The molecule has 0 aromatic carbocycles. The van der Waals surface area contributed by atoms with Crippen LogP contribution < -0.4 is 5.32 Å². The van der Waals surface area contributed by atoms with E-state index in [9.17, 15) is 0 Å². The maximum absolute atomic E-state index is 3.56. The van der Waals surface area contributed by atoms with Crippen molar-refractivity contribution in [3.05, 3.63) is 0 Å². The van der Waals surface area contributed by atoms with Crippen LogP contribution in [0.3, 0.4) is 0 Å². The van der Waals surface area contributed by atoms with Crippen LogP contribution in [0.5, 0.6) is 0 Å². The summed E-state index contributed by atoms with van der Waals surface area (Å²) >= 11 is 0. The number of nitrogens with one attached hydrogen (secondary N) is 1. The molecule has 1 aliphatic rings. The van der Waals surface area contributed by atoms with Crippen molar-refractivity contribution in [2.24, 2.45) is 11.8 Å². The van der Waals surface area contributed by atoms with Crippen LogP contribution in [0.2, 0.25) is 0 Å². The van der Waals surface area contributed by atoms with E-state index in [1.54, 1.807) is 0 Å². The van der Waals surface area contributed by atoms with Gasteiger partial charge < -0.3 is 5.32 Å². The molecule has 0 bridgehead atoms. The predicted octanol–water partition coefficient (Wildman–Crippen LogP) is 2.81. The van der Waals surface area contributed by atoms with Gasteiger partial charge in [-0.3, -0.25) is 0 Å². The number of rotatable bonds is 3. The van der Waals surface area contributed by atoms with Gasteiger partial charge in [-0.1, -0.05) is 20.3 Å². The first-order valence-electron chi connectivity index (χ1n) is 5.43. The van der Waals surface area contributed by atoms with Crippen molar-refractivity contribution >= 4 is 0 Å². The highest BCUT2D eigenvalue weighted by atomic mass is 14.9. The molecule has 1 fully saturated rings. The summed E-state index contributed by atoms with van der Waals surface area (Å²) in [6, 6.07) is 0.762. The summed E-state index contributed by atoms with van der Waals surface area (Å²) in [5.41, 5.74) is 0. The number of piperidine rings is 1. The van der Waals surface area contributed by atoms with Gasteiger partial charge in [-0.2, -0.15) is 0 Å². The minimum atomic E-state index is 0.762. The van der Waals surface area contributed by atoms with Gasteiger partial charge in [0.25, 0.3) is 0 Å². The predicted molar refractivity (Wildman–Crippen MR) is 54.3 cm³/mol. The zero-order valence-corrected chi connectivity index (χ0v) is 8.77. The monoisotopic (exact) mass is 169 g/mol. The van der Waals surface area contributed by atoms with Gasteiger partial charge in [0.15, 0.2) is 0 Å². The van der Waals surface area contributed by atoms with E-state index in [2.05, 4.69) is 26.1 Å². The molecular formula is C11H23N. The second-order valence-electron chi connectivity index (χ2n) is 4.62. The third kappa shape index (κ3) is 3.14. The van der Waals surface area contributed by atoms with Gasteiger partial charge in [0.1, 0.15) is 0 Å². The van der Waals surface area contributed by atoms with Crippen LogP contribution in [0.15, 0.2) is 0 Å². The van der Waals surface area contributed by atoms with Crippen molar-refractivity contribution in [1.29, 1.82) is 0 Å². The Kier molecular flexibility index (Phi) is 4.07. The van der Waals surface area contributed by atoms with Crippen LogP contribution in [-0.2, 0) is 0 Å². The molecule has 0 amide bonds. The average Bonchev–Trinajstić information content (AvgIpc) is 2.03. The first-order valence-corrected chi connectivity index (χ1v) is 5.43. The first-order chi connectivity index (χ1) is 5.70. The highest BCUT2D eigenvalue weighted by Gasteiger charge is 2.20. The minimum absolute atomic E-state index is 0.762.